The van der Waals surface area contributed by atoms with Gasteiger partial charge in [0.15, 0.2) is 5.82 Å². The fourth-order valence-corrected chi connectivity index (χ4v) is 1.89. The summed E-state index contributed by atoms with van der Waals surface area (Å²) in [7, 11) is 0. The van der Waals surface area contributed by atoms with E-state index in [2.05, 4.69) is 22.0 Å². The first kappa shape index (κ1) is 9.61. The van der Waals surface area contributed by atoms with Gasteiger partial charge in [-0.25, -0.2) is 0 Å². The first-order chi connectivity index (χ1) is 6.72. The van der Waals surface area contributed by atoms with Crippen LogP contribution in [0.5, 0.6) is 0 Å². The van der Waals surface area contributed by atoms with Gasteiger partial charge >= 0.3 is 0 Å². The van der Waals surface area contributed by atoms with Crippen LogP contribution in [0.3, 0.4) is 0 Å². The molecule has 0 aliphatic carbocycles. The van der Waals surface area contributed by atoms with E-state index < -0.39 is 0 Å². The van der Waals surface area contributed by atoms with Crippen molar-refractivity contribution >= 4 is 0 Å². The van der Waals surface area contributed by atoms with Crippen LogP contribution in [0.15, 0.2) is 10.9 Å². The monoisotopic (exact) mass is 196 g/mol. The lowest BCUT2D eigenvalue weighted by Gasteiger charge is -2.21. The highest BCUT2D eigenvalue weighted by molar-refractivity contribution is 4.89. The predicted octanol–water partition coefficient (Wildman–Crippen LogP) is 0.240. The molecule has 0 bridgehead atoms. The smallest absolute Gasteiger partial charge is 0.213 e. The summed E-state index contributed by atoms with van der Waals surface area (Å²) in [5.41, 5.74) is 5.99. The maximum Gasteiger partial charge on any atom is 0.213 e. The van der Waals surface area contributed by atoms with Crippen LogP contribution >= 0.6 is 0 Å². The van der Waals surface area contributed by atoms with Crippen LogP contribution in [0, 0.1) is 5.41 Å². The molecular weight excluding hydrogens is 180 g/mol. The van der Waals surface area contributed by atoms with Crippen molar-refractivity contribution in [2.24, 2.45) is 11.1 Å². The van der Waals surface area contributed by atoms with E-state index in [1.54, 1.807) is 0 Å². The van der Waals surface area contributed by atoms with Crippen LogP contribution in [0.2, 0.25) is 0 Å². The van der Waals surface area contributed by atoms with E-state index in [-0.39, 0.29) is 5.41 Å². The third kappa shape index (κ3) is 1.93. The van der Waals surface area contributed by atoms with Crippen molar-refractivity contribution in [2.45, 2.75) is 19.9 Å². The summed E-state index contributed by atoms with van der Waals surface area (Å²) in [6, 6.07) is 0. The first-order valence-corrected chi connectivity index (χ1v) is 4.89. The molecule has 0 saturated carbocycles. The summed E-state index contributed by atoms with van der Waals surface area (Å²) in [6.45, 7) is 5.84. The minimum Gasteiger partial charge on any atom is -0.343 e. The Morgan fingerprint density at radius 3 is 3.14 bits per heavy atom. The summed E-state index contributed by atoms with van der Waals surface area (Å²) >= 11 is 0. The van der Waals surface area contributed by atoms with Crippen molar-refractivity contribution in [3.8, 4) is 0 Å². The van der Waals surface area contributed by atoms with E-state index in [4.69, 9.17) is 10.3 Å². The van der Waals surface area contributed by atoms with Crippen molar-refractivity contribution in [1.29, 1.82) is 0 Å². The standard InChI is InChI=1S/C9H16N4O/c1-9(5-10)2-3-13(6-9)4-8-11-7-14-12-8/h7H,2-6,10H2,1H3. The fourth-order valence-electron chi connectivity index (χ4n) is 1.89. The second-order valence-corrected chi connectivity index (χ2v) is 4.32. The molecular formula is C9H16N4O. The Morgan fingerprint density at radius 1 is 1.71 bits per heavy atom. The second kappa shape index (κ2) is 3.67. The molecule has 78 valence electrons. The molecule has 0 radical (unpaired) electrons. The molecule has 0 spiro atoms. The second-order valence-electron chi connectivity index (χ2n) is 4.32. The Balaban J connectivity index is 1.90. The third-order valence-corrected chi connectivity index (χ3v) is 2.90. The number of nitrogens with two attached hydrogens (primary N) is 1. The van der Waals surface area contributed by atoms with Crippen molar-refractivity contribution < 1.29 is 4.52 Å². The van der Waals surface area contributed by atoms with Gasteiger partial charge in [0.2, 0.25) is 6.39 Å². The SMILES string of the molecule is CC1(CN)CCN(Cc2ncon2)C1. The zero-order valence-corrected chi connectivity index (χ0v) is 8.44. The third-order valence-electron chi connectivity index (χ3n) is 2.90. The van der Waals surface area contributed by atoms with Crippen LogP contribution < -0.4 is 5.73 Å². The van der Waals surface area contributed by atoms with E-state index >= 15 is 0 Å². The first-order valence-electron chi connectivity index (χ1n) is 4.89. The molecule has 0 amide bonds. The molecule has 1 aliphatic rings. The number of hydrogen-bond acceptors (Lipinski definition) is 5. The van der Waals surface area contributed by atoms with Crippen LogP contribution in [0.25, 0.3) is 0 Å². The highest BCUT2D eigenvalue weighted by Gasteiger charge is 2.32. The maximum atomic E-state index is 5.73. The van der Waals surface area contributed by atoms with Crippen LogP contribution in [-0.4, -0.2) is 34.7 Å². The van der Waals surface area contributed by atoms with Gasteiger partial charge < -0.3 is 10.3 Å². The summed E-state index contributed by atoms with van der Waals surface area (Å²) in [5, 5.41) is 3.79. The maximum absolute atomic E-state index is 5.73. The number of likely N-dealkylation sites (tertiary alicyclic amines) is 1. The quantitative estimate of drug-likeness (QED) is 0.750. The summed E-state index contributed by atoms with van der Waals surface area (Å²) < 4.78 is 4.69. The van der Waals surface area contributed by atoms with E-state index in [1.165, 1.54) is 6.39 Å². The minimum absolute atomic E-state index is 0.268. The summed E-state index contributed by atoms with van der Waals surface area (Å²) in [6.07, 6.45) is 2.52. The molecule has 14 heavy (non-hydrogen) atoms. The Labute approximate surface area is 83.3 Å². The molecule has 2 rings (SSSR count). The molecule has 2 heterocycles. The molecule has 5 nitrogen and oxygen atoms in total. The molecule has 1 saturated heterocycles. The van der Waals surface area contributed by atoms with Crippen LogP contribution in [-0.2, 0) is 6.54 Å². The van der Waals surface area contributed by atoms with Crippen LogP contribution in [0.1, 0.15) is 19.2 Å². The molecule has 1 aromatic rings. The highest BCUT2D eigenvalue weighted by Crippen LogP contribution is 2.28. The largest absolute Gasteiger partial charge is 0.343 e. The molecule has 1 fully saturated rings. The highest BCUT2D eigenvalue weighted by atomic mass is 16.5. The Morgan fingerprint density at radius 2 is 2.57 bits per heavy atom. The Bertz CT molecular complexity index is 287. The zero-order chi connectivity index (χ0) is 10.0. The number of aromatic nitrogens is 2. The predicted molar refractivity (Wildman–Crippen MR) is 51.4 cm³/mol. The van der Waals surface area contributed by atoms with Crippen molar-refractivity contribution in [3.05, 3.63) is 12.2 Å². The molecule has 0 aromatic carbocycles. The molecule has 1 atom stereocenters. The van der Waals surface area contributed by atoms with Gasteiger partial charge in [0.05, 0.1) is 6.54 Å². The lowest BCUT2D eigenvalue weighted by atomic mass is 9.90. The molecule has 1 unspecified atom stereocenters. The number of nitrogens with zero attached hydrogens (tertiary/aromatic N) is 3. The number of rotatable bonds is 3. The Hall–Kier alpha value is -0.940. The zero-order valence-electron chi connectivity index (χ0n) is 8.44. The van der Waals surface area contributed by atoms with Crippen molar-refractivity contribution in [1.82, 2.24) is 15.0 Å². The van der Waals surface area contributed by atoms with Gasteiger partial charge in [-0.1, -0.05) is 12.1 Å². The minimum atomic E-state index is 0.268. The van der Waals surface area contributed by atoms with Gasteiger partial charge in [-0.3, -0.25) is 4.90 Å². The molecule has 5 heteroatoms. The van der Waals surface area contributed by atoms with Gasteiger partial charge in [-0.05, 0) is 24.9 Å². The lowest BCUT2D eigenvalue weighted by Crippen LogP contribution is -2.31. The van der Waals surface area contributed by atoms with Gasteiger partial charge in [0, 0.05) is 6.54 Å². The van der Waals surface area contributed by atoms with Crippen molar-refractivity contribution in [3.63, 3.8) is 0 Å². The van der Waals surface area contributed by atoms with E-state index in [1.807, 2.05) is 0 Å². The van der Waals surface area contributed by atoms with Gasteiger partial charge in [-0.2, -0.15) is 4.98 Å². The molecule has 2 N–H and O–H groups in total. The van der Waals surface area contributed by atoms with Crippen LogP contribution in [0.4, 0.5) is 0 Å². The van der Waals surface area contributed by atoms with Gasteiger partial charge in [0.25, 0.3) is 0 Å². The fraction of sp³-hybridized carbons (Fsp3) is 0.778. The normalized spacial score (nSPS) is 28.4. The average molecular weight is 196 g/mol. The van der Waals surface area contributed by atoms with Crippen molar-refractivity contribution in [2.75, 3.05) is 19.6 Å². The van der Waals surface area contributed by atoms with Gasteiger partial charge in [0.1, 0.15) is 0 Å². The summed E-state index contributed by atoms with van der Waals surface area (Å²) in [4.78, 5) is 6.32. The molecule has 1 aromatic heterocycles. The average Bonchev–Trinajstić information content (AvgIpc) is 2.78. The van der Waals surface area contributed by atoms with E-state index in [0.29, 0.717) is 0 Å². The summed E-state index contributed by atoms with van der Waals surface area (Å²) in [5.74, 6) is 0.756. The molecule has 1 aliphatic heterocycles. The van der Waals surface area contributed by atoms with Gasteiger partial charge in [-0.15, -0.1) is 0 Å². The van der Waals surface area contributed by atoms with E-state index in [0.717, 1.165) is 38.4 Å². The Kier molecular flexibility index (Phi) is 2.52. The van der Waals surface area contributed by atoms with E-state index in [9.17, 15) is 0 Å². The topological polar surface area (TPSA) is 68.2 Å². The lowest BCUT2D eigenvalue weighted by molar-refractivity contribution is 0.265. The number of hydrogen-bond donors (Lipinski definition) is 1.